The fourth-order valence-electron chi connectivity index (χ4n) is 2.36. The number of carboxylic acid groups (broad SMARTS) is 1. The first-order valence-electron chi connectivity index (χ1n) is 8.62. The van der Waals surface area contributed by atoms with Gasteiger partial charge in [0.15, 0.2) is 0 Å². The molecule has 0 atom stereocenters. The quantitative estimate of drug-likeness (QED) is 0.688. The molecule has 6 nitrogen and oxygen atoms in total. The number of nitrogens with one attached hydrogen (secondary N) is 1. The molecule has 1 rings (SSSR count). The predicted octanol–water partition coefficient (Wildman–Crippen LogP) is 2.85. The van der Waals surface area contributed by atoms with Crippen molar-refractivity contribution in [3.05, 3.63) is 34.9 Å². The van der Waals surface area contributed by atoms with E-state index in [4.69, 9.17) is 9.90 Å². The maximum absolute atomic E-state index is 13.9. The summed E-state index contributed by atoms with van der Waals surface area (Å²) in [5, 5.41) is 9.50. The fraction of sp³-hybridized carbons (Fsp3) is 0.556. The van der Waals surface area contributed by atoms with E-state index in [9.17, 15) is 13.6 Å². The van der Waals surface area contributed by atoms with E-state index in [0.717, 1.165) is 19.6 Å². The zero-order valence-corrected chi connectivity index (χ0v) is 15.9. The molecule has 0 saturated heterocycles. The van der Waals surface area contributed by atoms with Crippen LogP contribution in [-0.2, 0) is 11.3 Å². The van der Waals surface area contributed by atoms with Gasteiger partial charge in [-0.15, -0.1) is 0 Å². The second-order valence-corrected chi connectivity index (χ2v) is 5.53. The summed E-state index contributed by atoms with van der Waals surface area (Å²) in [5.41, 5.74) is 0.266. The highest BCUT2D eigenvalue weighted by Crippen LogP contribution is 2.16. The fourth-order valence-corrected chi connectivity index (χ4v) is 2.36. The van der Waals surface area contributed by atoms with Gasteiger partial charge in [0.1, 0.15) is 11.6 Å². The van der Waals surface area contributed by atoms with E-state index < -0.39 is 11.6 Å². The van der Waals surface area contributed by atoms with Gasteiger partial charge in [0.2, 0.25) is 0 Å². The minimum Gasteiger partial charge on any atom is -0.483 e. The Morgan fingerprint density at radius 3 is 2.23 bits per heavy atom. The van der Waals surface area contributed by atoms with Crippen LogP contribution in [0.25, 0.3) is 0 Å². The normalized spacial score (nSPS) is 10.1. The van der Waals surface area contributed by atoms with E-state index in [1.807, 2.05) is 6.92 Å². The molecular formula is C18H29F2N3O3. The summed E-state index contributed by atoms with van der Waals surface area (Å²) in [6, 6.07) is 2.30. The molecule has 0 saturated carbocycles. The third-order valence-electron chi connectivity index (χ3n) is 4.05. The maximum Gasteiger partial charge on any atom is 0.317 e. The monoisotopic (exact) mass is 373 g/mol. The summed E-state index contributed by atoms with van der Waals surface area (Å²) >= 11 is 0. The maximum atomic E-state index is 13.9. The van der Waals surface area contributed by atoms with Crippen LogP contribution in [0.3, 0.4) is 0 Å². The third kappa shape index (κ3) is 7.77. The van der Waals surface area contributed by atoms with Gasteiger partial charge in [-0.25, -0.2) is 13.6 Å². The van der Waals surface area contributed by atoms with Crippen molar-refractivity contribution >= 4 is 12.5 Å². The summed E-state index contributed by atoms with van der Waals surface area (Å²) in [7, 11) is 0. The van der Waals surface area contributed by atoms with Crippen molar-refractivity contribution < 1.29 is 23.5 Å². The van der Waals surface area contributed by atoms with Gasteiger partial charge in [0, 0.05) is 25.2 Å². The Morgan fingerprint density at radius 2 is 1.73 bits per heavy atom. The van der Waals surface area contributed by atoms with E-state index in [-0.39, 0.29) is 24.6 Å². The van der Waals surface area contributed by atoms with Crippen LogP contribution in [-0.4, -0.2) is 60.1 Å². The molecule has 0 unspecified atom stereocenters. The first-order chi connectivity index (χ1) is 12.4. The molecular weight excluding hydrogens is 344 g/mol. The molecule has 1 aromatic carbocycles. The Kier molecular flexibility index (Phi) is 11.9. The lowest BCUT2D eigenvalue weighted by Crippen LogP contribution is -2.43. The van der Waals surface area contributed by atoms with E-state index in [1.54, 1.807) is 11.8 Å². The summed E-state index contributed by atoms with van der Waals surface area (Å²) in [4.78, 5) is 24.4. The number of hydrogen-bond donors (Lipinski definition) is 2. The predicted molar refractivity (Wildman–Crippen MR) is 97.1 cm³/mol. The molecule has 148 valence electrons. The van der Waals surface area contributed by atoms with Crippen LogP contribution in [0, 0.1) is 18.6 Å². The number of urea groups is 1. The van der Waals surface area contributed by atoms with Gasteiger partial charge in [0.05, 0.1) is 6.54 Å². The van der Waals surface area contributed by atoms with E-state index >= 15 is 0 Å². The average Bonchev–Trinajstić information content (AvgIpc) is 2.62. The lowest BCUT2D eigenvalue weighted by Gasteiger charge is -2.25. The van der Waals surface area contributed by atoms with Gasteiger partial charge in [-0.1, -0.05) is 19.9 Å². The molecule has 26 heavy (non-hydrogen) atoms. The molecule has 0 radical (unpaired) electrons. The smallest absolute Gasteiger partial charge is 0.317 e. The van der Waals surface area contributed by atoms with Gasteiger partial charge in [-0.05, 0) is 38.6 Å². The number of hydrogen-bond acceptors (Lipinski definition) is 3. The first-order valence-corrected chi connectivity index (χ1v) is 8.62. The number of nitrogens with zero attached hydrogens (tertiary/aromatic N) is 2. The molecule has 0 aliphatic carbocycles. The largest absolute Gasteiger partial charge is 0.483 e. The Labute approximate surface area is 153 Å². The van der Waals surface area contributed by atoms with E-state index in [0.29, 0.717) is 18.7 Å². The zero-order chi connectivity index (χ0) is 20.1. The van der Waals surface area contributed by atoms with Gasteiger partial charge < -0.3 is 20.2 Å². The van der Waals surface area contributed by atoms with E-state index in [2.05, 4.69) is 24.1 Å². The summed E-state index contributed by atoms with van der Waals surface area (Å²) in [6.07, 6.45) is 0. The van der Waals surface area contributed by atoms with Crippen molar-refractivity contribution in [2.24, 2.45) is 0 Å². The minimum atomic E-state index is -0.639. The summed E-state index contributed by atoms with van der Waals surface area (Å²) in [5.74, 6) is -1.24. The van der Waals surface area contributed by atoms with Crippen LogP contribution in [0.15, 0.2) is 12.1 Å². The Morgan fingerprint density at radius 1 is 1.15 bits per heavy atom. The number of likely N-dealkylation sites (N-methyl/N-ethyl adjacent to an activating group) is 2. The van der Waals surface area contributed by atoms with Gasteiger partial charge >= 0.3 is 6.03 Å². The SMILES string of the molecule is CCN(CC)CCN(CC)C(=O)NCc1c(F)ccc(C)c1F.O=CO. The van der Waals surface area contributed by atoms with Gasteiger partial charge in [0.25, 0.3) is 6.47 Å². The number of benzene rings is 1. The highest BCUT2D eigenvalue weighted by atomic mass is 19.1. The van der Waals surface area contributed by atoms with Crippen LogP contribution < -0.4 is 5.32 Å². The Hall–Kier alpha value is -2.22. The van der Waals surface area contributed by atoms with Gasteiger partial charge in [-0.3, -0.25) is 4.79 Å². The summed E-state index contributed by atoms with van der Waals surface area (Å²) < 4.78 is 27.6. The highest BCUT2D eigenvalue weighted by Gasteiger charge is 2.16. The standard InChI is InChI=1S/C17H27F2N3O.CH2O2/c1-5-21(6-2)10-11-22(7-3)17(23)20-12-14-15(18)9-8-13(4)16(14)19;2-1-3/h8-9H,5-7,10-12H2,1-4H3,(H,20,23);1H,(H,2,3). The summed E-state index contributed by atoms with van der Waals surface area (Å²) in [6.45, 7) is 11.0. The topological polar surface area (TPSA) is 72.9 Å². The van der Waals surface area contributed by atoms with Crippen LogP contribution in [0.5, 0.6) is 0 Å². The Balaban J connectivity index is 0.00000194. The second-order valence-electron chi connectivity index (χ2n) is 5.53. The van der Waals surface area contributed by atoms with E-state index in [1.165, 1.54) is 12.1 Å². The van der Waals surface area contributed by atoms with Crippen molar-refractivity contribution in [2.75, 3.05) is 32.7 Å². The van der Waals surface area contributed by atoms with Crippen LogP contribution in [0.1, 0.15) is 31.9 Å². The molecule has 0 heterocycles. The molecule has 1 aromatic rings. The van der Waals surface area contributed by atoms with Gasteiger partial charge in [-0.2, -0.15) is 0 Å². The number of carbonyl (C=O) groups excluding carboxylic acids is 1. The lowest BCUT2D eigenvalue weighted by molar-refractivity contribution is -0.122. The molecule has 0 aromatic heterocycles. The highest BCUT2D eigenvalue weighted by molar-refractivity contribution is 5.74. The molecule has 0 aliphatic heterocycles. The van der Waals surface area contributed by atoms with Crippen molar-refractivity contribution in [3.8, 4) is 0 Å². The molecule has 0 aliphatic rings. The van der Waals surface area contributed by atoms with Crippen molar-refractivity contribution in [1.29, 1.82) is 0 Å². The number of halogens is 2. The van der Waals surface area contributed by atoms with Crippen LogP contribution in [0.2, 0.25) is 0 Å². The molecule has 2 N–H and O–H groups in total. The molecule has 8 heteroatoms. The van der Waals surface area contributed by atoms with Crippen molar-refractivity contribution in [1.82, 2.24) is 15.1 Å². The molecule has 0 fully saturated rings. The lowest BCUT2D eigenvalue weighted by atomic mass is 10.1. The number of rotatable bonds is 8. The number of aryl methyl sites for hydroxylation is 1. The first kappa shape index (κ1) is 23.8. The third-order valence-corrected chi connectivity index (χ3v) is 4.05. The Bertz CT molecular complexity index is 567. The van der Waals surface area contributed by atoms with Crippen LogP contribution in [0.4, 0.5) is 13.6 Å². The van der Waals surface area contributed by atoms with Crippen molar-refractivity contribution in [2.45, 2.75) is 34.2 Å². The number of carbonyl (C=O) groups is 2. The van der Waals surface area contributed by atoms with Crippen LogP contribution >= 0.6 is 0 Å². The molecule has 2 amide bonds. The zero-order valence-electron chi connectivity index (χ0n) is 15.9. The molecule has 0 spiro atoms. The second kappa shape index (κ2) is 13.0. The van der Waals surface area contributed by atoms with Crippen molar-refractivity contribution in [3.63, 3.8) is 0 Å². The number of amides is 2. The molecule has 0 bridgehead atoms. The minimum absolute atomic E-state index is 0.0989. The average molecular weight is 373 g/mol.